The fourth-order valence-electron chi connectivity index (χ4n) is 2.62. The first-order valence-electron chi connectivity index (χ1n) is 6.55. The lowest BCUT2D eigenvalue weighted by Gasteiger charge is -2.25. The third-order valence-electron chi connectivity index (χ3n) is 3.66. The highest BCUT2D eigenvalue weighted by atomic mass is 127. The lowest BCUT2D eigenvalue weighted by molar-refractivity contribution is 0.609. The Labute approximate surface area is 146 Å². The predicted octanol–water partition coefficient (Wildman–Crippen LogP) is 6.46. The number of aryl methyl sites for hydroxylation is 2. The molecule has 1 heterocycles. The van der Waals surface area contributed by atoms with E-state index < -0.39 is 0 Å². The Hall–Kier alpha value is 0.0300. The van der Waals surface area contributed by atoms with Gasteiger partial charge in [0, 0.05) is 9.90 Å². The van der Waals surface area contributed by atoms with E-state index in [0.29, 0.717) is 6.04 Å². The Morgan fingerprint density at radius 2 is 2.05 bits per heavy atom. The van der Waals surface area contributed by atoms with Crippen LogP contribution in [0.25, 0.3) is 0 Å². The summed E-state index contributed by atoms with van der Waals surface area (Å²) in [6.07, 6.45) is 3.56. The molecule has 0 bridgehead atoms. The minimum absolute atomic E-state index is 0.342. The maximum Gasteiger partial charge on any atom is 0.0660 e. The van der Waals surface area contributed by atoms with E-state index in [1.807, 2.05) is 30.4 Å². The van der Waals surface area contributed by atoms with Crippen LogP contribution in [0.3, 0.4) is 0 Å². The molecule has 1 unspecified atom stereocenters. The van der Waals surface area contributed by atoms with Crippen molar-refractivity contribution in [2.45, 2.75) is 32.2 Å². The minimum atomic E-state index is 0.342. The van der Waals surface area contributed by atoms with Gasteiger partial charge in [0.1, 0.15) is 0 Å². The average Bonchev–Trinajstić information content (AvgIpc) is 2.77. The number of thiophene rings is 1. The summed E-state index contributed by atoms with van der Waals surface area (Å²) in [5.74, 6) is 0. The lowest BCUT2D eigenvalue weighted by atomic mass is 9.94. The van der Waals surface area contributed by atoms with Crippen LogP contribution in [0.4, 0.5) is 5.69 Å². The molecular formula is C15H14Cl2INS. The molecular weight excluding hydrogens is 424 g/mol. The van der Waals surface area contributed by atoms with Crippen molar-refractivity contribution < 1.29 is 0 Å². The van der Waals surface area contributed by atoms with E-state index in [0.717, 1.165) is 27.7 Å². The van der Waals surface area contributed by atoms with Crippen LogP contribution in [0.1, 0.15) is 34.9 Å². The Kier molecular flexibility index (Phi) is 4.51. The SMILES string of the molecule is Cc1cc(Cl)c(NC2CCCc3sc(I)cc32)cc1Cl. The molecule has 106 valence electrons. The van der Waals surface area contributed by atoms with Gasteiger partial charge in [-0.25, -0.2) is 0 Å². The lowest BCUT2D eigenvalue weighted by Crippen LogP contribution is -2.15. The van der Waals surface area contributed by atoms with Crippen LogP contribution in [0.2, 0.25) is 10.0 Å². The zero-order valence-corrected chi connectivity index (χ0v) is 15.5. The van der Waals surface area contributed by atoms with Gasteiger partial charge in [-0.15, -0.1) is 11.3 Å². The molecule has 3 rings (SSSR count). The van der Waals surface area contributed by atoms with Crippen LogP contribution in [-0.2, 0) is 6.42 Å². The van der Waals surface area contributed by atoms with Crippen molar-refractivity contribution in [2.24, 2.45) is 0 Å². The summed E-state index contributed by atoms with van der Waals surface area (Å²) < 4.78 is 1.36. The van der Waals surface area contributed by atoms with Gasteiger partial charge in [-0.3, -0.25) is 0 Å². The molecule has 1 N–H and O–H groups in total. The third-order valence-corrected chi connectivity index (χ3v) is 6.35. The fraction of sp³-hybridized carbons (Fsp3) is 0.333. The van der Waals surface area contributed by atoms with Gasteiger partial charge in [0.05, 0.1) is 19.6 Å². The van der Waals surface area contributed by atoms with Crippen molar-refractivity contribution in [1.82, 2.24) is 0 Å². The van der Waals surface area contributed by atoms with Crippen LogP contribution in [-0.4, -0.2) is 0 Å². The molecule has 0 saturated carbocycles. The number of fused-ring (bicyclic) bond motifs is 1. The number of hydrogen-bond donors (Lipinski definition) is 1. The number of hydrogen-bond acceptors (Lipinski definition) is 2. The van der Waals surface area contributed by atoms with Gasteiger partial charge in [-0.05, 0) is 78.1 Å². The molecule has 1 aromatic heterocycles. The Morgan fingerprint density at radius 3 is 2.85 bits per heavy atom. The van der Waals surface area contributed by atoms with Crippen molar-refractivity contribution in [2.75, 3.05) is 5.32 Å². The summed E-state index contributed by atoms with van der Waals surface area (Å²) in [6.45, 7) is 1.97. The first kappa shape index (κ1) is 14.9. The van der Waals surface area contributed by atoms with Crippen LogP contribution in [0.15, 0.2) is 18.2 Å². The number of nitrogens with one attached hydrogen (secondary N) is 1. The monoisotopic (exact) mass is 437 g/mol. The van der Waals surface area contributed by atoms with Crippen LogP contribution >= 0.6 is 57.1 Å². The zero-order chi connectivity index (χ0) is 14.3. The number of anilines is 1. The smallest absolute Gasteiger partial charge is 0.0660 e. The molecule has 1 atom stereocenters. The second-order valence-electron chi connectivity index (χ2n) is 5.10. The Balaban J connectivity index is 1.91. The van der Waals surface area contributed by atoms with E-state index >= 15 is 0 Å². The molecule has 2 aromatic rings. The molecule has 20 heavy (non-hydrogen) atoms. The second kappa shape index (κ2) is 6.03. The summed E-state index contributed by atoms with van der Waals surface area (Å²) in [5.41, 5.74) is 3.37. The van der Waals surface area contributed by atoms with Gasteiger partial charge < -0.3 is 5.32 Å². The van der Waals surface area contributed by atoms with E-state index in [2.05, 4.69) is 34.0 Å². The van der Waals surface area contributed by atoms with Crippen molar-refractivity contribution in [3.05, 3.63) is 47.1 Å². The van der Waals surface area contributed by atoms with Crippen LogP contribution in [0.5, 0.6) is 0 Å². The second-order valence-corrected chi connectivity index (χ2v) is 8.94. The number of halogens is 3. The van der Waals surface area contributed by atoms with Crippen LogP contribution in [0, 0.1) is 9.81 Å². The molecule has 5 heteroatoms. The zero-order valence-electron chi connectivity index (χ0n) is 11.0. The molecule has 1 aliphatic carbocycles. The van der Waals surface area contributed by atoms with E-state index in [1.165, 1.54) is 26.2 Å². The van der Waals surface area contributed by atoms with Gasteiger partial charge in [-0.1, -0.05) is 23.2 Å². The highest BCUT2D eigenvalue weighted by Gasteiger charge is 2.23. The van der Waals surface area contributed by atoms with E-state index in [-0.39, 0.29) is 0 Å². The standard InChI is InChI=1S/C15H14Cl2INS/c1-8-5-11(17)13(7-10(8)16)19-12-3-2-4-14-9(12)6-15(18)20-14/h5-7,12,19H,2-4H2,1H3. The maximum absolute atomic E-state index is 6.33. The quantitative estimate of drug-likeness (QED) is 0.531. The van der Waals surface area contributed by atoms with Crippen molar-refractivity contribution in [1.29, 1.82) is 0 Å². The summed E-state index contributed by atoms with van der Waals surface area (Å²) in [4.78, 5) is 1.51. The summed E-state index contributed by atoms with van der Waals surface area (Å²) in [5, 5.41) is 5.07. The first-order chi connectivity index (χ1) is 9.54. The van der Waals surface area contributed by atoms with Crippen molar-refractivity contribution in [3.8, 4) is 0 Å². The molecule has 1 aromatic carbocycles. The molecule has 0 radical (unpaired) electrons. The summed E-state index contributed by atoms with van der Waals surface area (Å²) in [7, 11) is 0. The van der Waals surface area contributed by atoms with Gasteiger partial charge in [0.2, 0.25) is 0 Å². The van der Waals surface area contributed by atoms with E-state index in [9.17, 15) is 0 Å². The van der Waals surface area contributed by atoms with Gasteiger partial charge in [-0.2, -0.15) is 0 Å². The van der Waals surface area contributed by atoms with E-state index in [4.69, 9.17) is 23.2 Å². The highest BCUT2D eigenvalue weighted by molar-refractivity contribution is 14.1. The number of benzene rings is 1. The summed E-state index contributed by atoms with van der Waals surface area (Å²) >= 11 is 16.8. The number of rotatable bonds is 2. The normalized spacial score (nSPS) is 17.9. The minimum Gasteiger partial charge on any atom is -0.377 e. The molecule has 1 aliphatic rings. The van der Waals surface area contributed by atoms with Gasteiger partial charge >= 0.3 is 0 Å². The molecule has 0 saturated heterocycles. The summed E-state index contributed by atoms with van der Waals surface area (Å²) in [6, 6.07) is 6.49. The fourth-order valence-corrected chi connectivity index (χ4v) is 5.17. The molecule has 0 amide bonds. The molecule has 1 nitrogen and oxygen atoms in total. The topological polar surface area (TPSA) is 12.0 Å². The molecule has 0 spiro atoms. The van der Waals surface area contributed by atoms with Gasteiger partial charge in [0.15, 0.2) is 0 Å². The van der Waals surface area contributed by atoms with Gasteiger partial charge in [0.25, 0.3) is 0 Å². The van der Waals surface area contributed by atoms with Crippen molar-refractivity contribution in [3.63, 3.8) is 0 Å². The third kappa shape index (κ3) is 2.96. The maximum atomic E-state index is 6.33. The van der Waals surface area contributed by atoms with Crippen molar-refractivity contribution >= 4 is 62.8 Å². The average molecular weight is 438 g/mol. The van der Waals surface area contributed by atoms with Crippen LogP contribution < -0.4 is 5.32 Å². The molecule has 0 fully saturated rings. The van der Waals surface area contributed by atoms with E-state index in [1.54, 1.807) is 0 Å². The highest BCUT2D eigenvalue weighted by Crippen LogP contribution is 2.39. The predicted molar refractivity (Wildman–Crippen MR) is 97.5 cm³/mol. The first-order valence-corrected chi connectivity index (χ1v) is 9.20. The Bertz CT molecular complexity index is 654. The largest absolute Gasteiger partial charge is 0.377 e. The Morgan fingerprint density at radius 1 is 1.25 bits per heavy atom. The molecule has 0 aliphatic heterocycles.